The standard InChI is InChI=1S/C27H23N3O3/c1-16-9-8-12-19(15-16)29-26(31)23-24(22-17(2)28-21-14-7-6-13-20(21)22)30(33-25(23)27(29)32)18-10-4-3-5-11-18/h3-15,23-25,28H,1-2H3/t23-,24-,25-/m0/s1. The number of H-pyrrole nitrogens is 1. The molecule has 0 bridgehead atoms. The van der Waals surface area contributed by atoms with Crippen LogP contribution >= 0.6 is 0 Å². The van der Waals surface area contributed by atoms with Crippen LogP contribution in [0.15, 0.2) is 78.9 Å². The number of hydrogen-bond acceptors (Lipinski definition) is 4. The van der Waals surface area contributed by atoms with Crippen molar-refractivity contribution in [3.05, 3.63) is 95.7 Å². The molecule has 3 aromatic carbocycles. The molecule has 0 spiro atoms. The third-order valence-corrected chi connectivity index (χ3v) is 6.63. The molecule has 2 aliphatic rings. The number of fused-ring (bicyclic) bond motifs is 2. The molecule has 2 aliphatic heterocycles. The molecule has 0 radical (unpaired) electrons. The quantitative estimate of drug-likeness (QED) is 0.466. The Balaban J connectivity index is 1.52. The van der Waals surface area contributed by atoms with Gasteiger partial charge in [0.15, 0.2) is 6.10 Å². The molecule has 0 aliphatic carbocycles. The highest BCUT2D eigenvalue weighted by Gasteiger charge is 2.60. The van der Waals surface area contributed by atoms with Crippen LogP contribution in [0.25, 0.3) is 10.9 Å². The van der Waals surface area contributed by atoms with Gasteiger partial charge in [-0.3, -0.25) is 14.4 Å². The van der Waals surface area contributed by atoms with Crippen LogP contribution < -0.4 is 9.96 Å². The third-order valence-electron chi connectivity index (χ3n) is 6.63. The van der Waals surface area contributed by atoms with Crippen LogP contribution in [-0.2, 0) is 14.4 Å². The number of hydroxylamine groups is 1. The van der Waals surface area contributed by atoms with Crippen LogP contribution in [0, 0.1) is 19.8 Å². The van der Waals surface area contributed by atoms with Crippen molar-refractivity contribution in [2.45, 2.75) is 26.0 Å². The lowest BCUT2D eigenvalue weighted by molar-refractivity contribution is -0.126. The Labute approximate surface area is 191 Å². The van der Waals surface area contributed by atoms with E-state index in [9.17, 15) is 9.59 Å². The molecule has 6 rings (SSSR count). The summed E-state index contributed by atoms with van der Waals surface area (Å²) in [6, 6.07) is 24.7. The SMILES string of the molecule is Cc1cccc(N2C(=O)[C@@H]3[C@H](ON(c4ccccc4)[C@H]3c3c(C)[nH]c4ccccc34)C2=O)c1. The maximum atomic E-state index is 13.8. The van der Waals surface area contributed by atoms with E-state index in [0.717, 1.165) is 33.4 Å². The maximum Gasteiger partial charge on any atom is 0.266 e. The lowest BCUT2D eigenvalue weighted by Gasteiger charge is -2.29. The normalized spacial score (nSPS) is 22.4. The Hall–Kier alpha value is -3.90. The smallest absolute Gasteiger partial charge is 0.266 e. The summed E-state index contributed by atoms with van der Waals surface area (Å²) >= 11 is 0. The van der Waals surface area contributed by atoms with E-state index < -0.39 is 18.1 Å². The second-order valence-corrected chi connectivity index (χ2v) is 8.72. The van der Waals surface area contributed by atoms with E-state index in [-0.39, 0.29) is 11.8 Å². The van der Waals surface area contributed by atoms with Gasteiger partial charge in [-0.25, -0.2) is 9.96 Å². The molecule has 2 saturated heterocycles. The van der Waals surface area contributed by atoms with Gasteiger partial charge in [-0.2, -0.15) is 0 Å². The van der Waals surface area contributed by atoms with Gasteiger partial charge in [-0.1, -0.05) is 48.5 Å². The Morgan fingerprint density at radius 1 is 0.818 bits per heavy atom. The molecular weight excluding hydrogens is 414 g/mol. The molecule has 3 heterocycles. The second kappa shape index (κ2) is 7.32. The summed E-state index contributed by atoms with van der Waals surface area (Å²) in [5.74, 6) is -1.21. The predicted molar refractivity (Wildman–Crippen MR) is 127 cm³/mol. The molecule has 2 fully saturated rings. The molecule has 1 N–H and O–H groups in total. The summed E-state index contributed by atoms with van der Waals surface area (Å²) in [6.45, 7) is 3.95. The van der Waals surface area contributed by atoms with Gasteiger partial charge in [0, 0.05) is 22.2 Å². The van der Waals surface area contributed by atoms with Crippen LogP contribution in [0.3, 0.4) is 0 Å². The number of nitrogens with zero attached hydrogens (tertiary/aromatic N) is 2. The van der Waals surface area contributed by atoms with Crippen molar-refractivity contribution in [3.8, 4) is 0 Å². The third kappa shape index (κ3) is 2.91. The number of carbonyl (C=O) groups excluding carboxylic acids is 2. The molecule has 164 valence electrons. The molecule has 2 amide bonds. The number of aromatic amines is 1. The predicted octanol–water partition coefficient (Wildman–Crippen LogP) is 4.84. The van der Waals surface area contributed by atoms with Gasteiger partial charge in [-0.15, -0.1) is 0 Å². The van der Waals surface area contributed by atoms with Crippen molar-refractivity contribution in [2.24, 2.45) is 5.92 Å². The number of para-hydroxylation sites is 2. The fraction of sp³-hybridized carbons (Fsp3) is 0.185. The number of anilines is 2. The zero-order valence-electron chi connectivity index (χ0n) is 18.4. The van der Waals surface area contributed by atoms with E-state index in [1.54, 1.807) is 11.1 Å². The van der Waals surface area contributed by atoms with Gasteiger partial charge in [0.2, 0.25) is 5.91 Å². The van der Waals surface area contributed by atoms with Crippen molar-refractivity contribution in [2.75, 3.05) is 9.96 Å². The number of hydrogen-bond donors (Lipinski definition) is 1. The minimum Gasteiger partial charge on any atom is -0.358 e. The van der Waals surface area contributed by atoms with Gasteiger partial charge in [0.05, 0.1) is 17.4 Å². The number of benzene rings is 3. The topological polar surface area (TPSA) is 65.6 Å². The zero-order valence-corrected chi connectivity index (χ0v) is 18.4. The molecule has 3 atom stereocenters. The van der Waals surface area contributed by atoms with Gasteiger partial charge in [-0.05, 0) is 49.7 Å². The van der Waals surface area contributed by atoms with Gasteiger partial charge in [0.25, 0.3) is 5.91 Å². The average molecular weight is 437 g/mol. The molecule has 6 nitrogen and oxygen atoms in total. The molecule has 1 aromatic heterocycles. The first kappa shape index (κ1) is 19.8. The summed E-state index contributed by atoms with van der Waals surface area (Å²) in [7, 11) is 0. The van der Waals surface area contributed by atoms with E-state index in [2.05, 4.69) is 4.98 Å². The maximum absolute atomic E-state index is 13.8. The Morgan fingerprint density at radius 3 is 2.33 bits per heavy atom. The van der Waals surface area contributed by atoms with Crippen LogP contribution in [0.1, 0.15) is 22.9 Å². The molecule has 6 heteroatoms. The zero-order chi connectivity index (χ0) is 22.7. The van der Waals surface area contributed by atoms with E-state index in [1.807, 2.05) is 86.6 Å². The highest BCUT2D eigenvalue weighted by Crippen LogP contribution is 2.49. The van der Waals surface area contributed by atoms with E-state index in [1.165, 1.54) is 4.90 Å². The summed E-state index contributed by atoms with van der Waals surface area (Å²) in [5.41, 5.74) is 5.32. The number of nitrogens with one attached hydrogen (secondary N) is 1. The summed E-state index contributed by atoms with van der Waals surface area (Å²) in [4.78, 5) is 38.3. The van der Waals surface area contributed by atoms with Crippen molar-refractivity contribution in [1.82, 2.24) is 4.98 Å². The lowest BCUT2D eigenvalue weighted by atomic mass is 9.89. The summed E-state index contributed by atoms with van der Waals surface area (Å²) < 4.78 is 0. The van der Waals surface area contributed by atoms with Crippen molar-refractivity contribution in [3.63, 3.8) is 0 Å². The summed E-state index contributed by atoms with van der Waals surface area (Å²) in [5, 5.41) is 2.78. The number of imide groups is 1. The van der Waals surface area contributed by atoms with Crippen molar-refractivity contribution < 1.29 is 14.4 Å². The highest BCUT2D eigenvalue weighted by molar-refractivity contribution is 6.24. The minimum absolute atomic E-state index is 0.233. The highest BCUT2D eigenvalue weighted by atomic mass is 16.7. The fourth-order valence-electron chi connectivity index (χ4n) is 5.21. The van der Waals surface area contributed by atoms with Crippen LogP contribution in [0.2, 0.25) is 0 Å². The number of carbonyl (C=O) groups is 2. The van der Waals surface area contributed by atoms with E-state index in [0.29, 0.717) is 5.69 Å². The molecule has 0 saturated carbocycles. The monoisotopic (exact) mass is 437 g/mol. The van der Waals surface area contributed by atoms with E-state index >= 15 is 0 Å². The second-order valence-electron chi connectivity index (χ2n) is 8.72. The molecular formula is C27H23N3O3. The largest absolute Gasteiger partial charge is 0.358 e. The first-order chi connectivity index (χ1) is 16.0. The lowest BCUT2D eigenvalue weighted by Crippen LogP contribution is -2.37. The number of aryl methyl sites for hydroxylation is 2. The minimum atomic E-state index is -0.878. The molecule has 33 heavy (non-hydrogen) atoms. The average Bonchev–Trinajstić information content (AvgIpc) is 3.43. The number of rotatable bonds is 3. The number of aromatic nitrogens is 1. The Bertz CT molecular complexity index is 1390. The van der Waals surface area contributed by atoms with Crippen LogP contribution in [0.5, 0.6) is 0 Å². The fourth-order valence-corrected chi connectivity index (χ4v) is 5.21. The molecule has 0 unspecified atom stereocenters. The van der Waals surface area contributed by atoms with Gasteiger partial charge >= 0.3 is 0 Å². The van der Waals surface area contributed by atoms with Crippen molar-refractivity contribution >= 4 is 34.1 Å². The van der Waals surface area contributed by atoms with Crippen LogP contribution in [0.4, 0.5) is 11.4 Å². The van der Waals surface area contributed by atoms with Gasteiger partial charge in [0.1, 0.15) is 5.92 Å². The van der Waals surface area contributed by atoms with Crippen LogP contribution in [-0.4, -0.2) is 22.9 Å². The summed E-state index contributed by atoms with van der Waals surface area (Å²) in [6.07, 6.45) is -0.878. The molecule has 4 aromatic rings. The van der Waals surface area contributed by atoms with Gasteiger partial charge < -0.3 is 4.98 Å². The Kier molecular flexibility index (Phi) is 4.38. The van der Waals surface area contributed by atoms with Crippen molar-refractivity contribution in [1.29, 1.82) is 0 Å². The number of amides is 2. The first-order valence-electron chi connectivity index (χ1n) is 11.1. The first-order valence-corrected chi connectivity index (χ1v) is 11.1. The van der Waals surface area contributed by atoms with E-state index in [4.69, 9.17) is 4.84 Å². The Morgan fingerprint density at radius 2 is 1.55 bits per heavy atom.